The number of rotatable bonds is 6. The molecule has 0 aliphatic carbocycles. The Kier molecular flexibility index (Phi) is 7.29. The SMILES string of the molecule is CCCN(Cc1cc(C(C)(C)C)cc(C)c1O)Cc1cc(C(C)(C)C)cc(C)c1O. The van der Waals surface area contributed by atoms with Crippen LogP contribution in [0.1, 0.15) is 88.3 Å². The van der Waals surface area contributed by atoms with E-state index in [4.69, 9.17) is 0 Å². The molecule has 2 aromatic carbocycles. The van der Waals surface area contributed by atoms with Gasteiger partial charge in [0, 0.05) is 24.2 Å². The summed E-state index contributed by atoms with van der Waals surface area (Å²) in [5.74, 6) is 0.765. The van der Waals surface area contributed by atoms with Crippen LogP contribution in [0.5, 0.6) is 11.5 Å². The Morgan fingerprint density at radius 2 is 1.07 bits per heavy atom. The highest BCUT2D eigenvalue weighted by molar-refractivity contribution is 5.46. The standard InChI is InChI=1S/C27H41NO2/c1-10-11-28(16-20-14-22(26(4,5)6)12-18(2)24(20)29)17-21-15-23(27(7,8)9)13-19(3)25(21)30/h12-15,29-30H,10-11,16-17H2,1-9H3. The molecule has 30 heavy (non-hydrogen) atoms. The molecule has 0 spiro atoms. The number of benzene rings is 2. The molecule has 166 valence electrons. The molecule has 3 nitrogen and oxygen atoms in total. The lowest BCUT2D eigenvalue weighted by Crippen LogP contribution is -2.25. The molecule has 0 aromatic heterocycles. The predicted molar refractivity (Wildman–Crippen MR) is 127 cm³/mol. The lowest BCUT2D eigenvalue weighted by atomic mass is 9.84. The maximum absolute atomic E-state index is 10.7. The molecule has 0 amide bonds. The normalized spacial score (nSPS) is 12.6. The van der Waals surface area contributed by atoms with Crippen molar-refractivity contribution in [3.8, 4) is 11.5 Å². The van der Waals surface area contributed by atoms with Crippen LogP contribution in [0.3, 0.4) is 0 Å². The minimum absolute atomic E-state index is 0.0270. The average Bonchev–Trinajstić information content (AvgIpc) is 2.60. The zero-order valence-electron chi connectivity index (χ0n) is 20.5. The van der Waals surface area contributed by atoms with Gasteiger partial charge in [-0.1, -0.05) is 72.7 Å². The second-order valence-corrected chi connectivity index (χ2v) is 10.8. The van der Waals surface area contributed by atoms with Crippen LogP contribution in [0.25, 0.3) is 0 Å². The highest BCUT2D eigenvalue weighted by Gasteiger charge is 2.21. The quantitative estimate of drug-likeness (QED) is 0.554. The Hall–Kier alpha value is -2.00. The molecule has 2 aromatic rings. The van der Waals surface area contributed by atoms with Gasteiger partial charge in [0.2, 0.25) is 0 Å². The third kappa shape index (κ3) is 5.78. The van der Waals surface area contributed by atoms with Crippen LogP contribution in [0, 0.1) is 13.8 Å². The maximum Gasteiger partial charge on any atom is 0.122 e. The molecule has 0 saturated heterocycles. The number of aromatic hydroxyl groups is 2. The van der Waals surface area contributed by atoms with Crippen LogP contribution in [0.2, 0.25) is 0 Å². The summed E-state index contributed by atoms with van der Waals surface area (Å²) in [7, 11) is 0. The van der Waals surface area contributed by atoms with E-state index in [1.54, 1.807) is 0 Å². The minimum atomic E-state index is 0.0270. The van der Waals surface area contributed by atoms with Gasteiger partial charge < -0.3 is 10.2 Å². The monoisotopic (exact) mass is 411 g/mol. The average molecular weight is 412 g/mol. The first-order valence-corrected chi connectivity index (χ1v) is 11.1. The molecule has 0 heterocycles. The van der Waals surface area contributed by atoms with Gasteiger partial charge in [-0.05, 0) is 59.9 Å². The molecule has 0 bridgehead atoms. The Balaban J connectivity index is 2.41. The molecule has 2 N–H and O–H groups in total. The summed E-state index contributed by atoms with van der Waals surface area (Å²) in [5, 5.41) is 21.5. The highest BCUT2D eigenvalue weighted by atomic mass is 16.3. The largest absolute Gasteiger partial charge is 0.507 e. The maximum atomic E-state index is 10.7. The molecule has 3 heteroatoms. The van der Waals surface area contributed by atoms with E-state index in [2.05, 4.69) is 77.6 Å². The summed E-state index contributed by atoms with van der Waals surface area (Å²) in [6.45, 7) is 21.5. The second-order valence-electron chi connectivity index (χ2n) is 10.8. The van der Waals surface area contributed by atoms with Crippen LogP contribution in [0.4, 0.5) is 0 Å². The van der Waals surface area contributed by atoms with E-state index in [0.717, 1.165) is 35.2 Å². The summed E-state index contributed by atoms with van der Waals surface area (Å²) in [4.78, 5) is 2.32. The first-order valence-electron chi connectivity index (χ1n) is 11.1. The van der Waals surface area contributed by atoms with Crippen molar-refractivity contribution in [2.24, 2.45) is 0 Å². The zero-order valence-corrected chi connectivity index (χ0v) is 20.5. The number of nitrogens with zero attached hydrogens (tertiary/aromatic N) is 1. The van der Waals surface area contributed by atoms with Gasteiger partial charge >= 0.3 is 0 Å². The van der Waals surface area contributed by atoms with Crippen LogP contribution in [-0.2, 0) is 23.9 Å². The lowest BCUT2D eigenvalue weighted by molar-refractivity contribution is 0.249. The van der Waals surface area contributed by atoms with Gasteiger partial charge in [-0.25, -0.2) is 0 Å². The lowest BCUT2D eigenvalue weighted by Gasteiger charge is -2.27. The van der Waals surface area contributed by atoms with Crippen molar-refractivity contribution in [3.05, 3.63) is 57.6 Å². The predicted octanol–water partition coefficient (Wildman–Crippen LogP) is 6.72. The van der Waals surface area contributed by atoms with Gasteiger partial charge in [-0.3, -0.25) is 4.90 Å². The van der Waals surface area contributed by atoms with Crippen molar-refractivity contribution in [1.82, 2.24) is 4.90 Å². The van der Waals surface area contributed by atoms with E-state index in [-0.39, 0.29) is 10.8 Å². The third-order valence-electron chi connectivity index (χ3n) is 5.82. The molecular weight excluding hydrogens is 370 g/mol. The van der Waals surface area contributed by atoms with E-state index in [1.165, 1.54) is 11.1 Å². The first kappa shape index (κ1) is 24.3. The van der Waals surface area contributed by atoms with Gasteiger partial charge in [0.1, 0.15) is 11.5 Å². The van der Waals surface area contributed by atoms with Gasteiger partial charge in [0.05, 0.1) is 0 Å². The summed E-state index contributed by atoms with van der Waals surface area (Å²) < 4.78 is 0. The molecule has 0 unspecified atom stereocenters. The van der Waals surface area contributed by atoms with Crippen LogP contribution < -0.4 is 0 Å². The van der Waals surface area contributed by atoms with E-state index in [1.807, 2.05) is 13.8 Å². The molecule has 0 aliphatic heterocycles. The van der Waals surface area contributed by atoms with Crippen LogP contribution in [-0.4, -0.2) is 21.7 Å². The van der Waals surface area contributed by atoms with Crippen LogP contribution in [0.15, 0.2) is 24.3 Å². The molecule has 0 aliphatic rings. The van der Waals surface area contributed by atoms with E-state index < -0.39 is 0 Å². The fourth-order valence-electron chi connectivity index (χ4n) is 3.82. The number of phenolic OH excluding ortho intramolecular Hbond substituents is 2. The molecule has 2 rings (SSSR count). The molecule has 0 radical (unpaired) electrons. The number of phenols is 2. The summed E-state index contributed by atoms with van der Waals surface area (Å²) in [6.07, 6.45) is 1.01. The van der Waals surface area contributed by atoms with Gasteiger partial charge in [0.15, 0.2) is 0 Å². The molecule has 0 fully saturated rings. The number of aryl methyl sites for hydroxylation is 2. The zero-order chi connectivity index (χ0) is 22.9. The Labute approximate surface area is 183 Å². The van der Waals surface area contributed by atoms with Crippen LogP contribution >= 0.6 is 0 Å². The highest BCUT2D eigenvalue weighted by Crippen LogP contribution is 2.34. The molecular formula is C27H41NO2. The van der Waals surface area contributed by atoms with Crippen molar-refractivity contribution in [1.29, 1.82) is 0 Å². The van der Waals surface area contributed by atoms with E-state index >= 15 is 0 Å². The Morgan fingerprint density at radius 1 is 0.700 bits per heavy atom. The molecule has 0 saturated carbocycles. The molecule has 0 atom stereocenters. The Bertz CT molecular complexity index is 814. The second kappa shape index (κ2) is 9.01. The van der Waals surface area contributed by atoms with Gasteiger partial charge in [0.25, 0.3) is 0 Å². The minimum Gasteiger partial charge on any atom is -0.507 e. The van der Waals surface area contributed by atoms with Crippen molar-refractivity contribution < 1.29 is 10.2 Å². The van der Waals surface area contributed by atoms with E-state index in [9.17, 15) is 10.2 Å². The summed E-state index contributed by atoms with van der Waals surface area (Å²) >= 11 is 0. The van der Waals surface area contributed by atoms with Gasteiger partial charge in [-0.15, -0.1) is 0 Å². The fourth-order valence-corrected chi connectivity index (χ4v) is 3.82. The summed E-state index contributed by atoms with van der Waals surface area (Å²) in [6, 6.07) is 8.46. The number of hydrogen-bond donors (Lipinski definition) is 2. The first-order chi connectivity index (χ1) is 13.7. The smallest absolute Gasteiger partial charge is 0.122 e. The number of hydrogen-bond acceptors (Lipinski definition) is 3. The van der Waals surface area contributed by atoms with Gasteiger partial charge in [-0.2, -0.15) is 0 Å². The summed E-state index contributed by atoms with van der Waals surface area (Å²) in [5.41, 5.74) is 6.27. The van der Waals surface area contributed by atoms with Crippen molar-refractivity contribution in [2.45, 2.75) is 92.7 Å². The van der Waals surface area contributed by atoms with Crippen molar-refractivity contribution in [2.75, 3.05) is 6.54 Å². The Morgan fingerprint density at radius 3 is 1.37 bits per heavy atom. The fraction of sp³-hybridized carbons (Fsp3) is 0.556. The van der Waals surface area contributed by atoms with E-state index in [0.29, 0.717) is 24.6 Å². The van der Waals surface area contributed by atoms with Crippen molar-refractivity contribution in [3.63, 3.8) is 0 Å². The third-order valence-corrected chi connectivity index (χ3v) is 5.82. The van der Waals surface area contributed by atoms with Crippen molar-refractivity contribution >= 4 is 0 Å². The topological polar surface area (TPSA) is 43.7 Å².